The fraction of sp³-hybridized carbons (Fsp3) is 0.500. The molecule has 1 atom stereocenters. The highest BCUT2D eigenvalue weighted by Crippen LogP contribution is 2.33. The molecule has 4 heteroatoms. The molecule has 1 aliphatic heterocycles. The largest absolute Gasteiger partial charge is 0.305 e. The van der Waals surface area contributed by atoms with Gasteiger partial charge in [-0.15, -0.1) is 0 Å². The minimum atomic E-state index is -0.441. The van der Waals surface area contributed by atoms with E-state index in [2.05, 4.69) is 12.2 Å². The molecule has 0 aromatic heterocycles. The Morgan fingerprint density at radius 3 is 2.83 bits per heavy atom. The average molecular weight is 286 g/mol. The lowest BCUT2D eigenvalue weighted by molar-refractivity contribution is 0.0858. The van der Waals surface area contributed by atoms with Crippen LogP contribution in [0.25, 0.3) is 0 Å². The molecule has 1 heterocycles. The van der Waals surface area contributed by atoms with Crippen molar-refractivity contribution in [2.75, 3.05) is 6.54 Å². The van der Waals surface area contributed by atoms with Crippen LogP contribution in [0, 0.1) is 0 Å². The maximum atomic E-state index is 12.7. The van der Waals surface area contributed by atoms with Crippen molar-refractivity contribution < 1.29 is 4.79 Å². The van der Waals surface area contributed by atoms with E-state index in [0.29, 0.717) is 15.6 Å². The quantitative estimate of drug-likeness (QED) is 0.844. The number of hydrogen-bond acceptors (Lipinski definition) is 2. The summed E-state index contributed by atoms with van der Waals surface area (Å²) in [6, 6.07) is 5.24. The highest BCUT2D eigenvalue weighted by Gasteiger charge is 2.41. The van der Waals surface area contributed by atoms with Crippen LogP contribution in [0.4, 0.5) is 0 Å². The minimum absolute atomic E-state index is 0.0781. The Hall–Kier alpha value is -0.570. The van der Waals surface area contributed by atoms with Gasteiger partial charge >= 0.3 is 0 Å². The van der Waals surface area contributed by atoms with Gasteiger partial charge in [0.25, 0.3) is 0 Å². The molecular formula is C14H17Cl2NO. The summed E-state index contributed by atoms with van der Waals surface area (Å²) >= 11 is 12.1. The van der Waals surface area contributed by atoms with Crippen LogP contribution in [0.1, 0.15) is 43.0 Å². The van der Waals surface area contributed by atoms with Crippen molar-refractivity contribution in [2.24, 2.45) is 0 Å². The maximum absolute atomic E-state index is 12.7. The standard InChI is InChI=1S/C14H17Cl2NO/c1-2-7-14(8-4-9-17-14)13(18)10-5-3-6-11(15)12(10)16/h3,5-6,17H,2,4,7-9H2,1H3. The van der Waals surface area contributed by atoms with Gasteiger partial charge in [-0.1, -0.05) is 42.6 Å². The first-order chi connectivity index (χ1) is 8.60. The molecule has 1 saturated heterocycles. The first-order valence-corrected chi connectivity index (χ1v) is 7.10. The van der Waals surface area contributed by atoms with Crippen LogP contribution in [0.5, 0.6) is 0 Å². The molecule has 0 spiro atoms. The highest BCUT2D eigenvalue weighted by molar-refractivity contribution is 6.44. The summed E-state index contributed by atoms with van der Waals surface area (Å²) in [7, 11) is 0. The third kappa shape index (κ3) is 2.42. The van der Waals surface area contributed by atoms with Gasteiger partial charge in [0.05, 0.1) is 15.6 Å². The molecule has 1 aliphatic rings. The predicted octanol–water partition coefficient (Wildman–Crippen LogP) is 4.10. The van der Waals surface area contributed by atoms with Gasteiger partial charge in [-0.05, 0) is 37.9 Å². The van der Waals surface area contributed by atoms with E-state index in [1.807, 2.05) is 0 Å². The van der Waals surface area contributed by atoms with Crippen LogP contribution in [0.3, 0.4) is 0 Å². The topological polar surface area (TPSA) is 29.1 Å². The van der Waals surface area contributed by atoms with Gasteiger partial charge in [-0.2, -0.15) is 0 Å². The molecule has 1 aromatic carbocycles. The lowest BCUT2D eigenvalue weighted by atomic mass is 9.84. The number of Topliss-reactive ketones (excluding diaryl/α,β-unsaturated/α-hetero) is 1. The molecule has 1 fully saturated rings. The average Bonchev–Trinajstić information content (AvgIpc) is 2.82. The Bertz CT molecular complexity index is 453. The number of halogens is 2. The number of benzene rings is 1. The highest BCUT2D eigenvalue weighted by atomic mass is 35.5. The van der Waals surface area contributed by atoms with Gasteiger partial charge in [-0.3, -0.25) is 4.79 Å². The lowest BCUT2D eigenvalue weighted by Gasteiger charge is -2.28. The lowest BCUT2D eigenvalue weighted by Crippen LogP contribution is -2.47. The number of rotatable bonds is 4. The molecule has 2 nitrogen and oxygen atoms in total. The molecule has 0 aliphatic carbocycles. The van der Waals surface area contributed by atoms with E-state index in [1.54, 1.807) is 18.2 Å². The van der Waals surface area contributed by atoms with Gasteiger partial charge in [0, 0.05) is 5.56 Å². The van der Waals surface area contributed by atoms with Crippen molar-refractivity contribution in [3.8, 4) is 0 Å². The van der Waals surface area contributed by atoms with Crippen molar-refractivity contribution >= 4 is 29.0 Å². The normalized spacial score (nSPS) is 23.3. The van der Waals surface area contributed by atoms with E-state index in [0.717, 1.165) is 32.2 Å². The van der Waals surface area contributed by atoms with Crippen molar-refractivity contribution in [3.05, 3.63) is 33.8 Å². The minimum Gasteiger partial charge on any atom is -0.305 e. The smallest absolute Gasteiger partial charge is 0.184 e. The summed E-state index contributed by atoms with van der Waals surface area (Å²) in [6.07, 6.45) is 3.72. The number of hydrogen-bond donors (Lipinski definition) is 1. The second-order valence-corrected chi connectivity index (χ2v) is 5.58. The summed E-state index contributed by atoms with van der Waals surface area (Å²) in [5, 5.41) is 4.17. The SMILES string of the molecule is CCCC1(C(=O)c2cccc(Cl)c2Cl)CCCN1. The maximum Gasteiger partial charge on any atom is 0.184 e. The van der Waals surface area contributed by atoms with Crippen LogP contribution in [-0.4, -0.2) is 17.9 Å². The molecule has 2 rings (SSSR count). The van der Waals surface area contributed by atoms with Crippen LogP contribution in [-0.2, 0) is 0 Å². The zero-order valence-corrected chi connectivity index (χ0v) is 11.9. The zero-order valence-electron chi connectivity index (χ0n) is 10.4. The summed E-state index contributed by atoms with van der Waals surface area (Å²) in [4.78, 5) is 12.7. The first-order valence-electron chi connectivity index (χ1n) is 6.34. The summed E-state index contributed by atoms with van der Waals surface area (Å²) in [5.41, 5.74) is 0.0929. The molecule has 1 unspecified atom stereocenters. The number of nitrogens with one attached hydrogen (secondary N) is 1. The monoisotopic (exact) mass is 285 g/mol. The summed E-state index contributed by atoms with van der Waals surface area (Å²) < 4.78 is 0. The Kier molecular flexibility index (Phi) is 4.31. The van der Waals surface area contributed by atoms with Gasteiger partial charge in [0.2, 0.25) is 0 Å². The number of carbonyl (C=O) groups is 1. The van der Waals surface area contributed by atoms with Gasteiger partial charge < -0.3 is 5.32 Å². The first kappa shape index (κ1) is 13.9. The van der Waals surface area contributed by atoms with Gasteiger partial charge in [0.1, 0.15) is 0 Å². The van der Waals surface area contributed by atoms with Crippen LogP contribution < -0.4 is 5.32 Å². The zero-order chi connectivity index (χ0) is 13.2. The molecule has 98 valence electrons. The van der Waals surface area contributed by atoms with Crippen molar-refractivity contribution in [3.63, 3.8) is 0 Å². The van der Waals surface area contributed by atoms with E-state index >= 15 is 0 Å². The fourth-order valence-corrected chi connectivity index (χ4v) is 3.08. The van der Waals surface area contributed by atoms with Crippen molar-refractivity contribution in [1.29, 1.82) is 0 Å². The molecule has 1 N–H and O–H groups in total. The predicted molar refractivity (Wildman–Crippen MR) is 75.7 cm³/mol. The molecule has 0 bridgehead atoms. The van der Waals surface area contributed by atoms with E-state index < -0.39 is 5.54 Å². The molecule has 0 amide bonds. The van der Waals surface area contributed by atoms with E-state index in [1.165, 1.54) is 0 Å². The van der Waals surface area contributed by atoms with E-state index in [9.17, 15) is 4.79 Å². The van der Waals surface area contributed by atoms with Crippen molar-refractivity contribution in [2.45, 2.75) is 38.1 Å². The van der Waals surface area contributed by atoms with Crippen LogP contribution in [0.2, 0.25) is 10.0 Å². The second kappa shape index (κ2) is 5.60. The molecule has 0 saturated carbocycles. The third-order valence-electron chi connectivity index (χ3n) is 3.55. The molecule has 1 aromatic rings. The van der Waals surface area contributed by atoms with Crippen LogP contribution >= 0.6 is 23.2 Å². The van der Waals surface area contributed by atoms with Gasteiger partial charge in [0.15, 0.2) is 5.78 Å². The third-order valence-corrected chi connectivity index (χ3v) is 4.37. The molecular weight excluding hydrogens is 269 g/mol. The summed E-state index contributed by atoms with van der Waals surface area (Å²) in [5.74, 6) is 0.0781. The van der Waals surface area contributed by atoms with E-state index in [4.69, 9.17) is 23.2 Å². The summed E-state index contributed by atoms with van der Waals surface area (Å²) in [6.45, 7) is 2.98. The Labute approximate surface area is 118 Å². The van der Waals surface area contributed by atoms with Crippen molar-refractivity contribution in [1.82, 2.24) is 5.32 Å². The second-order valence-electron chi connectivity index (χ2n) is 4.79. The molecule has 0 radical (unpaired) electrons. The Morgan fingerprint density at radius 1 is 1.44 bits per heavy atom. The number of carbonyl (C=O) groups excluding carboxylic acids is 1. The van der Waals surface area contributed by atoms with Gasteiger partial charge in [-0.25, -0.2) is 0 Å². The Morgan fingerprint density at radius 2 is 2.22 bits per heavy atom. The Balaban J connectivity index is 2.37. The van der Waals surface area contributed by atoms with Crippen LogP contribution in [0.15, 0.2) is 18.2 Å². The molecule has 18 heavy (non-hydrogen) atoms. The number of ketones is 1. The van der Waals surface area contributed by atoms with E-state index in [-0.39, 0.29) is 5.78 Å². The fourth-order valence-electron chi connectivity index (χ4n) is 2.69.